The van der Waals surface area contributed by atoms with Gasteiger partial charge in [-0.05, 0) is 63.7 Å². The van der Waals surface area contributed by atoms with Crippen molar-refractivity contribution in [2.24, 2.45) is 11.8 Å². The number of hydrogen-bond donors (Lipinski definition) is 1. The lowest BCUT2D eigenvalue weighted by Crippen LogP contribution is -2.44. The lowest BCUT2D eigenvalue weighted by Gasteiger charge is -2.40. The highest BCUT2D eigenvalue weighted by Crippen LogP contribution is 2.29. The van der Waals surface area contributed by atoms with Crippen LogP contribution in [0.4, 0.5) is 0 Å². The molecule has 0 bridgehead atoms. The number of piperidine rings is 1. The predicted molar refractivity (Wildman–Crippen MR) is 74.3 cm³/mol. The van der Waals surface area contributed by atoms with E-state index in [2.05, 4.69) is 24.1 Å². The first-order valence-corrected chi connectivity index (χ1v) is 7.74. The van der Waals surface area contributed by atoms with Crippen LogP contribution in [-0.2, 0) is 0 Å². The number of nitrogens with one attached hydrogen (secondary N) is 1. The van der Waals surface area contributed by atoms with Crippen molar-refractivity contribution in [3.63, 3.8) is 0 Å². The van der Waals surface area contributed by atoms with Crippen LogP contribution >= 0.6 is 0 Å². The Morgan fingerprint density at radius 1 is 1.12 bits per heavy atom. The van der Waals surface area contributed by atoms with Gasteiger partial charge in [-0.25, -0.2) is 0 Å². The molecule has 1 N–H and O–H groups in total. The van der Waals surface area contributed by atoms with E-state index in [4.69, 9.17) is 0 Å². The molecule has 0 aromatic rings. The van der Waals surface area contributed by atoms with Crippen LogP contribution in [0.3, 0.4) is 0 Å². The van der Waals surface area contributed by atoms with Crippen molar-refractivity contribution in [2.45, 2.75) is 58.4 Å². The van der Waals surface area contributed by atoms with Crippen molar-refractivity contribution in [3.8, 4) is 0 Å². The summed E-state index contributed by atoms with van der Waals surface area (Å²) in [6, 6.07) is 0.916. The van der Waals surface area contributed by atoms with Crippen molar-refractivity contribution in [1.82, 2.24) is 10.2 Å². The number of rotatable bonds is 4. The Morgan fingerprint density at radius 3 is 2.53 bits per heavy atom. The third-order valence-corrected chi connectivity index (χ3v) is 4.76. The lowest BCUT2D eigenvalue weighted by molar-refractivity contribution is 0.0925. The Labute approximate surface area is 107 Å². The van der Waals surface area contributed by atoms with Gasteiger partial charge in [-0.3, -0.25) is 0 Å². The van der Waals surface area contributed by atoms with Gasteiger partial charge in [-0.1, -0.05) is 26.7 Å². The maximum Gasteiger partial charge on any atom is 0.00977 e. The molecule has 2 heteroatoms. The van der Waals surface area contributed by atoms with Crippen LogP contribution in [0.1, 0.15) is 52.4 Å². The fourth-order valence-corrected chi connectivity index (χ4v) is 3.60. The largest absolute Gasteiger partial charge is 0.317 e. The van der Waals surface area contributed by atoms with Crippen molar-refractivity contribution in [1.29, 1.82) is 0 Å². The molecule has 2 atom stereocenters. The summed E-state index contributed by atoms with van der Waals surface area (Å²) in [5.41, 5.74) is 0. The molecule has 2 aliphatic rings. The second-order valence-corrected chi connectivity index (χ2v) is 6.21. The van der Waals surface area contributed by atoms with Gasteiger partial charge >= 0.3 is 0 Å². The van der Waals surface area contributed by atoms with Crippen molar-refractivity contribution in [3.05, 3.63) is 0 Å². The number of likely N-dealkylation sites (tertiary alicyclic amines) is 1. The van der Waals surface area contributed by atoms with E-state index in [1.54, 1.807) is 0 Å². The van der Waals surface area contributed by atoms with E-state index in [0.29, 0.717) is 0 Å². The molecular formula is C15H30N2. The van der Waals surface area contributed by atoms with Gasteiger partial charge in [-0.15, -0.1) is 0 Å². The van der Waals surface area contributed by atoms with E-state index in [9.17, 15) is 0 Å². The lowest BCUT2D eigenvalue weighted by atomic mass is 9.84. The topological polar surface area (TPSA) is 15.3 Å². The summed E-state index contributed by atoms with van der Waals surface area (Å²) in [6.45, 7) is 9.72. The summed E-state index contributed by atoms with van der Waals surface area (Å²) in [7, 11) is 0. The van der Waals surface area contributed by atoms with Crippen LogP contribution in [0.5, 0.6) is 0 Å². The molecule has 2 nitrogen and oxygen atoms in total. The Morgan fingerprint density at radius 2 is 1.88 bits per heavy atom. The minimum atomic E-state index is 0.916. The van der Waals surface area contributed by atoms with E-state index in [0.717, 1.165) is 24.4 Å². The molecule has 2 unspecified atom stereocenters. The standard InChI is InChI=1S/C15H30N2/c1-3-16-12-14-7-9-17(10-8-14)15-6-4-5-13(2)11-15/h13-16H,3-12H2,1-2H3. The van der Waals surface area contributed by atoms with Crippen LogP contribution in [0.25, 0.3) is 0 Å². The Hall–Kier alpha value is -0.0800. The zero-order valence-electron chi connectivity index (χ0n) is 11.8. The molecule has 1 aliphatic heterocycles. The average Bonchev–Trinajstić information content (AvgIpc) is 2.37. The third kappa shape index (κ3) is 3.96. The van der Waals surface area contributed by atoms with Gasteiger partial charge in [0.2, 0.25) is 0 Å². The second-order valence-electron chi connectivity index (χ2n) is 6.21. The van der Waals surface area contributed by atoms with Gasteiger partial charge in [0, 0.05) is 6.04 Å². The molecule has 1 saturated heterocycles. The maximum absolute atomic E-state index is 3.50. The van der Waals surface area contributed by atoms with E-state index in [1.165, 1.54) is 58.2 Å². The first-order chi connectivity index (χ1) is 8.29. The minimum Gasteiger partial charge on any atom is -0.317 e. The molecule has 1 saturated carbocycles. The maximum atomic E-state index is 3.50. The monoisotopic (exact) mass is 238 g/mol. The second kappa shape index (κ2) is 6.75. The molecule has 1 aliphatic carbocycles. The molecule has 2 rings (SSSR count). The molecule has 0 amide bonds. The SMILES string of the molecule is CCNCC1CCN(C2CCCC(C)C2)CC1. The Bertz CT molecular complexity index is 209. The Balaban J connectivity index is 1.71. The molecule has 1 heterocycles. The fourth-order valence-electron chi connectivity index (χ4n) is 3.60. The van der Waals surface area contributed by atoms with Gasteiger partial charge in [0.15, 0.2) is 0 Å². The first kappa shape index (κ1) is 13.4. The summed E-state index contributed by atoms with van der Waals surface area (Å²) < 4.78 is 0. The highest BCUT2D eigenvalue weighted by atomic mass is 15.2. The molecule has 0 spiro atoms. The van der Waals surface area contributed by atoms with Gasteiger partial charge < -0.3 is 10.2 Å². The molecule has 100 valence electrons. The van der Waals surface area contributed by atoms with Gasteiger partial charge in [0.25, 0.3) is 0 Å². The third-order valence-electron chi connectivity index (χ3n) is 4.76. The average molecular weight is 238 g/mol. The van der Waals surface area contributed by atoms with Crippen molar-refractivity contribution >= 4 is 0 Å². The normalized spacial score (nSPS) is 32.8. The molecule has 0 aromatic heterocycles. The summed E-state index contributed by atoms with van der Waals surface area (Å²) in [4.78, 5) is 2.79. The zero-order chi connectivity index (χ0) is 12.1. The van der Waals surface area contributed by atoms with E-state index in [1.807, 2.05) is 0 Å². The van der Waals surface area contributed by atoms with Crippen LogP contribution < -0.4 is 5.32 Å². The predicted octanol–water partition coefficient (Wildman–Crippen LogP) is 2.89. The van der Waals surface area contributed by atoms with Crippen LogP contribution in [0.15, 0.2) is 0 Å². The molecule has 2 fully saturated rings. The summed E-state index contributed by atoms with van der Waals surface area (Å²) in [5, 5.41) is 3.50. The van der Waals surface area contributed by atoms with Crippen LogP contribution in [0.2, 0.25) is 0 Å². The van der Waals surface area contributed by atoms with Crippen LogP contribution in [-0.4, -0.2) is 37.1 Å². The summed E-state index contributed by atoms with van der Waals surface area (Å²) in [5.74, 6) is 1.90. The highest BCUT2D eigenvalue weighted by molar-refractivity contribution is 4.83. The number of nitrogens with zero attached hydrogens (tertiary/aromatic N) is 1. The van der Waals surface area contributed by atoms with Crippen molar-refractivity contribution in [2.75, 3.05) is 26.2 Å². The number of hydrogen-bond acceptors (Lipinski definition) is 2. The molecule has 0 aromatic carbocycles. The quantitative estimate of drug-likeness (QED) is 0.810. The summed E-state index contributed by atoms with van der Waals surface area (Å²) in [6.07, 6.45) is 8.67. The minimum absolute atomic E-state index is 0.916. The molecular weight excluding hydrogens is 208 g/mol. The van der Waals surface area contributed by atoms with Gasteiger partial charge in [-0.2, -0.15) is 0 Å². The van der Waals surface area contributed by atoms with Gasteiger partial charge in [0.05, 0.1) is 0 Å². The highest BCUT2D eigenvalue weighted by Gasteiger charge is 2.27. The zero-order valence-corrected chi connectivity index (χ0v) is 11.8. The Kier molecular flexibility index (Phi) is 5.30. The molecule has 0 radical (unpaired) electrons. The van der Waals surface area contributed by atoms with Crippen molar-refractivity contribution < 1.29 is 0 Å². The fraction of sp³-hybridized carbons (Fsp3) is 1.00. The van der Waals surface area contributed by atoms with E-state index in [-0.39, 0.29) is 0 Å². The first-order valence-electron chi connectivity index (χ1n) is 7.74. The van der Waals surface area contributed by atoms with Crippen LogP contribution in [0, 0.1) is 11.8 Å². The van der Waals surface area contributed by atoms with E-state index < -0.39 is 0 Å². The summed E-state index contributed by atoms with van der Waals surface area (Å²) >= 11 is 0. The van der Waals surface area contributed by atoms with E-state index >= 15 is 0 Å². The smallest absolute Gasteiger partial charge is 0.00977 e. The molecule has 17 heavy (non-hydrogen) atoms. The van der Waals surface area contributed by atoms with Gasteiger partial charge in [0.1, 0.15) is 0 Å².